The summed E-state index contributed by atoms with van der Waals surface area (Å²) in [6.45, 7) is 4.07. The number of fused-ring (bicyclic) bond motifs is 2. The van der Waals surface area contributed by atoms with Crippen LogP contribution in [0.1, 0.15) is 52.4 Å². The molecular weight excluding hydrogens is 390 g/mol. The first kappa shape index (κ1) is 22.1. The second kappa shape index (κ2) is 9.96. The van der Waals surface area contributed by atoms with E-state index in [-0.39, 0.29) is 23.7 Å². The predicted molar refractivity (Wildman–Crippen MR) is 113 cm³/mol. The molecular formula is C22H31NO5S. The average molecular weight is 422 g/mol. The van der Waals surface area contributed by atoms with Crippen LogP contribution >= 0.6 is 11.8 Å². The maximum absolute atomic E-state index is 12.4. The molecule has 0 saturated carbocycles. The molecule has 0 spiro atoms. The molecule has 0 aromatic carbocycles. The van der Waals surface area contributed by atoms with Gasteiger partial charge in [0.1, 0.15) is 6.10 Å². The van der Waals surface area contributed by atoms with Crippen molar-refractivity contribution in [2.24, 2.45) is 5.92 Å². The molecule has 5 atom stereocenters. The van der Waals surface area contributed by atoms with E-state index in [0.29, 0.717) is 18.1 Å². The lowest BCUT2D eigenvalue weighted by atomic mass is 9.90. The lowest BCUT2D eigenvalue weighted by Crippen LogP contribution is -2.58. The molecule has 7 heteroatoms. The van der Waals surface area contributed by atoms with Gasteiger partial charge >= 0.3 is 5.97 Å². The Kier molecular flexibility index (Phi) is 7.60. The monoisotopic (exact) mass is 421 g/mol. The Morgan fingerprint density at radius 3 is 2.83 bits per heavy atom. The third-order valence-corrected chi connectivity index (χ3v) is 6.50. The largest absolute Gasteiger partial charge is 0.459 e. The van der Waals surface area contributed by atoms with E-state index in [0.717, 1.165) is 43.0 Å². The number of hydrogen-bond acceptors (Lipinski definition) is 6. The minimum Gasteiger partial charge on any atom is -0.459 e. The van der Waals surface area contributed by atoms with Gasteiger partial charge in [-0.25, -0.2) is 4.79 Å². The van der Waals surface area contributed by atoms with E-state index in [2.05, 4.69) is 30.5 Å². The summed E-state index contributed by atoms with van der Waals surface area (Å²) in [6.07, 6.45) is 13.2. The van der Waals surface area contributed by atoms with Crippen molar-refractivity contribution < 1.29 is 24.2 Å². The van der Waals surface area contributed by atoms with Crippen molar-refractivity contribution in [2.75, 3.05) is 5.75 Å². The van der Waals surface area contributed by atoms with Crippen molar-refractivity contribution in [2.45, 2.75) is 76.4 Å². The normalized spacial score (nSPS) is 41.0. The number of esters is 1. The number of carbonyl (C=O) groups excluding carboxylic acids is 2. The zero-order valence-corrected chi connectivity index (χ0v) is 18.0. The molecule has 3 aliphatic rings. The van der Waals surface area contributed by atoms with Gasteiger partial charge in [-0.2, -0.15) is 0 Å². The van der Waals surface area contributed by atoms with Crippen LogP contribution in [0.5, 0.6) is 0 Å². The summed E-state index contributed by atoms with van der Waals surface area (Å²) in [7, 11) is 0. The maximum Gasteiger partial charge on any atom is 0.330 e. The molecule has 3 heterocycles. The molecule has 0 aromatic rings. The molecule has 0 aliphatic carbocycles. The summed E-state index contributed by atoms with van der Waals surface area (Å²) in [5.41, 5.74) is 0.961. The number of carbonyl (C=O) groups is 2. The number of hydrogen-bond donors (Lipinski definition) is 2. The van der Waals surface area contributed by atoms with Crippen molar-refractivity contribution in [1.29, 1.82) is 0 Å². The SMILES string of the molecule is C/C1=C/C(=O)O[C@H]2C[C@@H](CC[C@H](C)/C=C\C=C\CC1)O[C@@](O)(C1CSC(=O)N1)C2. The Hall–Kier alpha value is -1.57. The number of amides is 1. The summed E-state index contributed by atoms with van der Waals surface area (Å²) in [4.78, 5) is 24.0. The first-order valence-corrected chi connectivity index (χ1v) is 11.4. The molecule has 1 amide bonds. The second-order valence-electron chi connectivity index (χ2n) is 8.28. The van der Waals surface area contributed by atoms with Gasteiger partial charge in [-0.05, 0) is 38.5 Å². The highest BCUT2D eigenvalue weighted by Gasteiger charge is 2.49. The van der Waals surface area contributed by atoms with Crippen LogP contribution in [0.25, 0.3) is 0 Å². The standard InChI is InChI=1S/C22H31NO5S/c1-15-7-5-3-4-6-8-16(2)11-20(24)27-18-12-17(10-9-15)28-22(26,13-18)19-14-29-21(25)23-19/h3-5,7,11,15,17-19,26H,6,8-10,12-14H2,1-2H3,(H,23,25)/b4-3+,7-5-,16-11-/t15-,17-,18+,19?,22-/m1/s1. The summed E-state index contributed by atoms with van der Waals surface area (Å²) in [5, 5.41) is 13.8. The van der Waals surface area contributed by atoms with Gasteiger partial charge < -0.3 is 19.9 Å². The van der Waals surface area contributed by atoms with Crippen LogP contribution in [0.4, 0.5) is 4.79 Å². The van der Waals surface area contributed by atoms with Crippen LogP contribution in [0.3, 0.4) is 0 Å². The molecule has 3 aliphatic heterocycles. The van der Waals surface area contributed by atoms with Gasteiger partial charge in [-0.1, -0.05) is 48.6 Å². The van der Waals surface area contributed by atoms with E-state index >= 15 is 0 Å². The van der Waals surface area contributed by atoms with Gasteiger partial charge in [0.05, 0.1) is 12.1 Å². The van der Waals surface area contributed by atoms with Gasteiger partial charge in [-0.3, -0.25) is 4.79 Å². The molecule has 6 nitrogen and oxygen atoms in total. The smallest absolute Gasteiger partial charge is 0.330 e. The van der Waals surface area contributed by atoms with Crippen LogP contribution < -0.4 is 5.32 Å². The van der Waals surface area contributed by atoms with E-state index < -0.39 is 17.9 Å². The molecule has 0 radical (unpaired) electrons. The van der Waals surface area contributed by atoms with E-state index in [1.165, 1.54) is 6.08 Å². The Morgan fingerprint density at radius 2 is 2.07 bits per heavy atom. The Morgan fingerprint density at radius 1 is 1.24 bits per heavy atom. The van der Waals surface area contributed by atoms with Gasteiger partial charge in [0.15, 0.2) is 5.79 Å². The van der Waals surface area contributed by atoms with Crippen LogP contribution in [0, 0.1) is 5.92 Å². The summed E-state index contributed by atoms with van der Waals surface area (Å²) in [6, 6.07) is -0.505. The van der Waals surface area contributed by atoms with Gasteiger partial charge in [0, 0.05) is 24.7 Å². The van der Waals surface area contributed by atoms with Crippen LogP contribution in [-0.4, -0.2) is 46.1 Å². The van der Waals surface area contributed by atoms with Gasteiger partial charge in [-0.15, -0.1) is 0 Å². The average Bonchev–Trinajstić information content (AvgIpc) is 3.09. The van der Waals surface area contributed by atoms with Crippen LogP contribution in [0.2, 0.25) is 0 Å². The molecule has 2 saturated heterocycles. The number of rotatable bonds is 1. The predicted octanol–water partition coefficient (Wildman–Crippen LogP) is 3.86. The van der Waals surface area contributed by atoms with Gasteiger partial charge in [0.2, 0.25) is 0 Å². The van der Waals surface area contributed by atoms with E-state index in [9.17, 15) is 14.7 Å². The Balaban J connectivity index is 1.78. The minimum atomic E-state index is -1.53. The Labute approximate surface area is 176 Å². The van der Waals surface area contributed by atoms with Crippen molar-refractivity contribution in [3.05, 3.63) is 36.0 Å². The van der Waals surface area contributed by atoms with Crippen LogP contribution in [0.15, 0.2) is 36.0 Å². The minimum absolute atomic E-state index is 0.159. The third-order valence-electron chi connectivity index (χ3n) is 5.62. The first-order valence-electron chi connectivity index (χ1n) is 10.4. The van der Waals surface area contributed by atoms with Gasteiger partial charge in [0.25, 0.3) is 5.24 Å². The first-order chi connectivity index (χ1) is 13.8. The fourth-order valence-corrected chi connectivity index (χ4v) is 4.85. The summed E-state index contributed by atoms with van der Waals surface area (Å²) in [5.74, 6) is -1.10. The Bertz CT molecular complexity index is 703. The highest BCUT2D eigenvalue weighted by molar-refractivity contribution is 8.14. The van der Waals surface area contributed by atoms with Crippen LogP contribution in [-0.2, 0) is 14.3 Å². The van der Waals surface area contributed by atoms with Crippen molar-refractivity contribution in [1.82, 2.24) is 5.32 Å². The quantitative estimate of drug-likeness (QED) is 0.626. The third kappa shape index (κ3) is 6.46. The highest BCUT2D eigenvalue weighted by Crippen LogP contribution is 2.36. The number of allylic oxidation sites excluding steroid dienone is 5. The van der Waals surface area contributed by atoms with E-state index in [1.54, 1.807) is 0 Å². The van der Waals surface area contributed by atoms with Crippen molar-refractivity contribution in [3.8, 4) is 0 Å². The topological polar surface area (TPSA) is 84.9 Å². The second-order valence-corrected chi connectivity index (χ2v) is 9.27. The number of thioether (sulfide) groups is 1. The zero-order valence-electron chi connectivity index (χ0n) is 17.1. The number of nitrogens with one attached hydrogen (secondary N) is 1. The molecule has 3 rings (SSSR count). The lowest BCUT2D eigenvalue weighted by molar-refractivity contribution is -0.283. The maximum atomic E-state index is 12.4. The summed E-state index contributed by atoms with van der Waals surface area (Å²) >= 11 is 1.14. The van der Waals surface area contributed by atoms with E-state index in [1.807, 2.05) is 13.0 Å². The zero-order chi connectivity index (χ0) is 20.9. The molecule has 2 N–H and O–H groups in total. The number of aliphatic hydroxyl groups is 1. The highest BCUT2D eigenvalue weighted by atomic mass is 32.2. The fourth-order valence-electron chi connectivity index (χ4n) is 3.96. The molecule has 2 bridgehead atoms. The number of ether oxygens (including phenoxy) is 2. The lowest BCUT2D eigenvalue weighted by Gasteiger charge is -2.43. The molecule has 160 valence electrons. The summed E-state index contributed by atoms with van der Waals surface area (Å²) < 4.78 is 11.8. The van der Waals surface area contributed by atoms with Crippen molar-refractivity contribution in [3.63, 3.8) is 0 Å². The molecule has 1 unspecified atom stereocenters. The van der Waals surface area contributed by atoms with Crippen molar-refractivity contribution >= 4 is 23.0 Å². The molecule has 29 heavy (non-hydrogen) atoms. The molecule has 2 fully saturated rings. The molecule has 0 aromatic heterocycles. The van der Waals surface area contributed by atoms with E-state index in [4.69, 9.17) is 9.47 Å². The fraction of sp³-hybridized carbons (Fsp3) is 0.636.